The van der Waals surface area contributed by atoms with E-state index in [1.807, 2.05) is 36.4 Å². The smallest absolute Gasteiger partial charge is 0.277 e. The highest BCUT2D eigenvalue weighted by Crippen LogP contribution is 2.27. The third-order valence-electron chi connectivity index (χ3n) is 4.36. The highest BCUT2D eigenvalue weighted by atomic mass is 79.9. The predicted octanol–water partition coefficient (Wildman–Crippen LogP) is 5.28. The van der Waals surface area contributed by atoms with Crippen LogP contribution in [0, 0.1) is 0 Å². The van der Waals surface area contributed by atoms with Crippen LogP contribution in [0.4, 0.5) is 0 Å². The van der Waals surface area contributed by atoms with E-state index >= 15 is 0 Å². The highest BCUT2D eigenvalue weighted by molar-refractivity contribution is 9.10. The summed E-state index contributed by atoms with van der Waals surface area (Å²) >= 11 is 3.37. The van der Waals surface area contributed by atoms with Crippen LogP contribution in [0.2, 0.25) is 0 Å². The maximum absolute atomic E-state index is 12.1. The van der Waals surface area contributed by atoms with Gasteiger partial charge in [-0.3, -0.25) is 4.79 Å². The van der Waals surface area contributed by atoms with E-state index in [2.05, 4.69) is 56.8 Å². The lowest BCUT2D eigenvalue weighted by Crippen LogP contribution is -2.24. The molecule has 4 rings (SSSR count). The van der Waals surface area contributed by atoms with Crippen LogP contribution >= 0.6 is 15.9 Å². The fraction of sp³-hybridized carbons (Fsp3) is 0.0435. The molecule has 4 nitrogen and oxygen atoms in total. The Morgan fingerprint density at radius 3 is 2.29 bits per heavy atom. The predicted molar refractivity (Wildman–Crippen MR) is 117 cm³/mol. The summed E-state index contributed by atoms with van der Waals surface area (Å²) in [5.74, 6) is 0.300. The number of rotatable bonds is 5. The van der Waals surface area contributed by atoms with Crippen LogP contribution in [0.25, 0.3) is 21.5 Å². The quantitative estimate of drug-likeness (QED) is 0.264. The lowest BCUT2D eigenvalue weighted by atomic mass is 9.97. The Morgan fingerprint density at radius 1 is 0.929 bits per heavy atom. The third-order valence-corrected chi connectivity index (χ3v) is 4.86. The first-order chi connectivity index (χ1) is 13.7. The van der Waals surface area contributed by atoms with Gasteiger partial charge in [0, 0.05) is 10.0 Å². The maximum atomic E-state index is 12.1. The number of nitrogens with one attached hydrogen (secondary N) is 1. The van der Waals surface area contributed by atoms with Crippen molar-refractivity contribution < 1.29 is 9.53 Å². The summed E-state index contributed by atoms with van der Waals surface area (Å²) < 4.78 is 6.37. The fourth-order valence-corrected chi connectivity index (χ4v) is 3.47. The SMILES string of the molecule is O=C(COc1cccc(Br)c1)N/N=C\c1c2ccccc2cc2ccccc12. The average molecular weight is 433 g/mol. The zero-order valence-corrected chi connectivity index (χ0v) is 16.5. The van der Waals surface area contributed by atoms with Gasteiger partial charge in [0.25, 0.3) is 5.91 Å². The molecule has 1 amide bonds. The molecule has 4 aromatic carbocycles. The van der Waals surface area contributed by atoms with Crippen molar-refractivity contribution in [1.82, 2.24) is 5.43 Å². The Labute approximate surface area is 171 Å². The lowest BCUT2D eigenvalue weighted by molar-refractivity contribution is -0.123. The number of hydrogen-bond acceptors (Lipinski definition) is 3. The van der Waals surface area contributed by atoms with Gasteiger partial charge in [-0.2, -0.15) is 5.10 Å². The van der Waals surface area contributed by atoms with Gasteiger partial charge in [0.2, 0.25) is 0 Å². The van der Waals surface area contributed by atoms with Gasteiger partial charge in [-0.1, -0.05) is 70.5 Å². The summed E-state index contributed by atoms with van der Waals surface area (Å²) in [5, 5.41) is 8.60. The molecule has 0 fully saturated rings. The Bertz CT molecular complexity index is 1130. The third kappa shape index (κ3) is 4.05. The zero-order chi connectivity index (χ0) is 19.3. The first kappa shape index (κ1) is 18.2. The number of nitrogens with zero attached hydrogens (tertiary/aromatic N) is 1. The molecule has 0 aliphatic heterocycles. The van der Waals surface area contributed by atoms with Gasteiger partial charge in [0.15, 0.2) is 6.61 Å². The van der Waals surface area contributed by atoms with E-state index in [0.717, 1.165) is 31.6 Å². The van der Waals surface area contributed by atoms with Gasteiger partial charge >= 0.3 is 0 Å². The van der Waals surface area contributed by atoms with Crippen LogP contribution in [0.3, 0.4) is 0 Å². The van der Waals surface area contributed by atoms with Crippen molar-refractivity contribution in [3.05, 3.63) is 88.9 Å². The summed E-state index contributed by atoms with van der Waals surface area (Å²) in [6, 6.07) is 25.8. The number of hydrazone groups is 1. The Hall–Kier alpha value is -3.18. The van der Waals surface area contributed by atoms with E-state index in [1.165, 1.54) is 0 Å². The summed E-state index contributed by atoms with van der Waals surface area (Å²) in [6.07, 6.45) is 1.70. The van der Waals surface area contributed by atoms with E-state index in [4.69, 9.17) is 4.74 Å². The van der Waals surface area contributed by atoms with Crippen LogP contribution in [-0.2, 0) is 4.79 Å². The fourth-order valence-electron chi connectivity index (χ4n) is 3.09. The molecule has 0 aliphatic rings. The van der Waals surface area contributed by atoms with Crippen molar-refractivity contribution in [3.8, 4) is 5.75 Å². The molecule has 138 valence electrons. The normalized spacial score (nSPS) is 11.2. The summed E-state index contributed by atoms with van der Waals surface area (Å²) in [7, 11) is 0. The second-order valence-electron chi connectivity index (χ2n) is 6.27. The van der Waals surface area contributed by atoms with Crippen LogP contribution in [0.5, 0.6) is 5.75 Å². The van der Waals surface area contributed by atoms with Crippen molar-refractivity contribution in [2.24, 2.45) is 5.10 Å². The van der Waals surface area contributed by atoms with Crippen molar-refractivity contribution in [2.75, 3.05) is 6.61 Å². The molecule has 28 heavy (non-hydrogen) atoms. The van der Waals surface area contributed by atoms with E-state index in [1.54, 1.807) is 18.3 Å². The van der Waals surface area contributed by atoms with Crippen molar-refractivity contribution >= 4 is 49.6 Å². The first-order valence-electron chi connectivity index (χ1n) is 8.81. The summed E-state index contributed by atoms with van der Waals surface area (Å²) in [4.78, 5) is 12.1. The largest absolute Gasteiger partial charge is 0.484 e. The first-order valence-corrected chi connectivity index (χ1v) is 9.61. The van der Waals surface area contributed by atoms with Crippen molar-refractivity contribution in [2.45, 2.75) is 0 Å². The average Bonchev–Trinajstić information content (AvgIpc) is 2.72. The molecular formula is C23H17BrN2O2. The number of benzene rings is 4. The molecular weight excluding hydrogens is 416 g/mol. The zero-order valence-electron chi connectivity index (χ0n) is 14.9. The number of carbonyl (C=O) groups excluding carboxylic acids is 1. The molecule has 0 heterocycles. The topological polar surface area (TPSA) is 50.7 Å². The minimum absolute atomic E-state index is 0.107. The van der Waals surface area contributed by atoms with Gasteiger partial charge in [0.1, 0.15) is 5.75 Å². The second-order valence-corrected chi connectivity index (χ2v) is 7.19. The molecule has 1 N–H and O–H groups in total. The molecule has 0 unspecified atom stereocenters. The highest BCUT2D eigenvalue weighted by Gasteiger charge is 2.06. The maximum Gasteiger partial charge on any atom is 0.277 e. The van der Waals surface area contributed by atoms with Crippen molar-refractivity contribution in [1.29, 1.82) is 0 Å². The van der Waals surface area contributed by atoms with E-state index in [-0.39, 0.29) is 12.5 Å². The Morgan fingerprint density at radius 2 is 1.61 bits per heavy atom. The Balaban J connectivity index is 1.52. The summed E-state index contributed by atoms with van der Waals surface area (Å²) in [5.41, 5.74) is 3.51. The van der Waals surface area contributed by atoms with Gasteiger partial charge in [-0.25, -0.2) is 5.43 Å². The van der Waals surface area contributed by atoms with E-state index in [0.29, 0.717) is 5.75 Å². The molecule has 0 saturated heterocycles. The monoisotopic (exact) mass is 432 g/mol. The summed E-state index contributed by atoms with van der Waals surface area (Å²) in [6.45, 7) is -0.107. The van der Waals surface area contributed by atoms with Crippen LogP contribution < -0.4 is 10.2 Å². The molecule has 0 spiro atoms. The van der Waals surface area contributed by atoms with Gasteiger partial charge < -0.3 is 4.74 Å². The standard InChI is InChI=1S/C23H17BrN2O2/c24-18-8-5-9-19(13-18)28-15-23(27)26-25-14-22-20-10-3-1-6-16(20)12-17-7-2-4-11-21(17)22/h1-14H,15H2,(H,26,27)/b25-14-. The van der Waals surface area contributed by atoms with E-state index in [9.17, 15) is 4.79 Å². The minimum Gasteiger partial charge on any atom is -0.484 e. The lowest BCUT2D eigenvalue weighted by Gasteiger charge is -2.08. The van der Waals surface area contributed by atoms with Crippen LogP contribution in [0.1, 0.15) is 5.56 Å². The minimum atomic E-state index is -0.319. The number of ether oxygens (including phenoxy) is 1. The number of carbonyl (C=O) groups is 1. The number of hydrogen-bond donors (Lipinski definition) is 1. The molecule has 0 aromatic heterocycles. The van der Waals surface area contributed by atoms with Crippen LogP contribution in [-0.4, -0.2) is 18.7 Å². The number of halogens is 1. The molecule has 5 heteroatoms. The molecule has 4 aromatic rings. The van der Waals surface area contributed by atoms with E-state index < -0.39 is 0 Å². The van der Waals surface area contributed by atoms with Gasteiger partial charge in [0.05, 0.1) is 6.21 Å². The van der Waals surface area contributed by atoms with Crippen molar-refractivity contribution in [3.63, 3.8) is 0 Å². The van der Waals surface area contributed by atoms with Gasteiger partial charge in [-0.05, 0) is 45.8 Å². The van der Waals surface area contributed by atoms with Gasteiger partial charge in [-0.15, -0.1) is 0 Å². The Kier molecular flexibility index (Phi) is 5.35. The molecule has 0 saturated carbocycles. The number of amides is 1. The molecule has 0 aliphatic carbocycles. The molecule has 0 atom stereocenters. The number of fused-ring (bicyclic) bond motifs is 2. The molecule has 0 radical (unpaired) electrons. The van der Waals surface area contributed by atoms with Crippen LogP contribution in [0.15, 0.2) is 88.4 Å². The second kappa shape index (κ2) is 8.23. The molecule has 0 bridgehead atoms.